The van der Waals surface area contributed by atoms with Gasteiger partial charge in [-0.25, -0.2) is 4.98 Å². The summed E-state index contributed by atoms with van der Waals surface area (Å²) in [5.41, 5.74) is 2.60. The molecule has 0 N–H and O–H groups in total. The molecule has 2 aromatic heterocycles. The third kappa shape index (κ3) is 3.60. The number of hydrogen-bond donors (Lipinski definition) is 0. The van der Waals surface area contributed by atoms with Gasteiger partial charge >= 0.3 is 5.97 Å². The highest BCUT2D eigenvalue weighted by Crippen LogP contribution is 2.26. The summed E-state index contributed by atoms with van der Waals surface area (Å²) in [5, 5.41) is 0. The Hall–Kier alpha value is -3.22. The van der Waals surface area contributed by atoms with Gasteiger partial charge in [0.1, 0.15) is 5.52 Å². The number of ether oxygens (including phenoxy) is 1. The Labute approximate surface area is 162 Å². The van der Waals surface area contributed by atoms with Crippen molar-refractivity contribution in [2.24, 2.45) is 5.92 Å². The fourth-order valence-electron chi connectivity index (χ4n) is 3.43. The van der Waals surface area contributed by atoms with E-state index in [0.29, 0.717) is 55.1 Å². The first-order valence-corrected chi connectivity index (χ1v) is 9.42. The zero-order chi connectivity index (χ0) is 19.5. The van der Waals surface area contributed by atoms with Crippen molar-refractivity contribution < 1.29 is 18.7 Å². The van der Waals surface area contributed by atoms with E-state index in [0.717, 1.165) is 5.56 Å². The maximum atomic E-state index is 12.9. The summed E-state index contributed by atoms with van der Waals surface area (Å²) in [4.78, 5) is 35.1. The van der Waals surface area contributed by atoms with Crippen LogP contribution in [0.3, 0.4) is 0 Å². The zero-order valence-corrected chi connectivity index (χ0v) is 15.6. The van der Waals surface area contributed by atoms with E-state index in [1.165, 1.54) is 0 Å². The maximum absolute atomic E-state index is 12.9. The van der Waals surface area contributed by atoms with E-state index in [9.17, 15) is 9.59 Å². The first kappa shape index (κ1) is 18.2. The number of esters is 1. The molecule has 0 unspecified atom stereocenters. The van der Waals surface area contributed by atoms with Crippen molar-refractivity contribution in [2.45, 2.75) is 19.8 Å². The minimum Gasteiger partial charge on any atom is -0.466 e. The second-order valence-corrected chi connectivity index (χ2v) is 6.76. The lowest BCUT2D eigenvalue weighted by Crippen LogP contribution is -2.40. The van der Waals surface area contributed by atoms with Gasteiger partial charge in [-0.05, 0) is 50.1 Å². The predicted octanol–water partition coefficient (Wildman–Crippen LogP) is 3.31. The molecule has 3 heterocycles. The van der Waals surface area contributed by atoms with Crippen LogP contribution < -0.4 is 0 Å². The highest BCUT2D eigenvalue weighted by Gasteiger charge is 2.28. The van der Waals surface area contributed by atoms with E-state index >= 15 is 0 Å². The summed E-state index contributed by atoms with van der Waals surface area (Å²) in [6.45, 7) is 3.27. The summed E-state index contributed by atoms with van der Waals surface area (Å²) >= 11 is 0. The van der Waals surface area contributed by atoms with Crippen LogP contribution in [0.25, 0.3) is 22.6 Å². The minimum absolute atomic E-state index is 0.0601. The van der Waals surface area contributed by atoms with E-state index in [1.807, 2.05) is 12.1 Å². The number of pyridine rings is 1. The molecule has 1 fully saturated rings. The Balaban J connectivity index is 1.48. The highest BCUT2D eigenvalue weighted by atomic mass is 16.5. The van der Waals surface area contributed by atoms with Crippen LogP contribution in [0, 0.1) is 5.92 Å². The summed E-state index contributed by atoms with van der Waals surface area (Å²) in [5.74, 6) is 0.128. The lowest BCUT2D eigenvalue weighted by Gasteiger charge is -2.30. The zero-order valence-electron chi connectivity index (χ0n) is 15.6. The first-order chi connectivity index (χ1) is 13.7. The quantitative estimate of drug-likeness (QED) is 0.647. The molecular weight excluding hydrogens is 358 g/mol. The van der Waals surface area contributed by atoms with Crippen molar-refractivity contribution >= 4 is 23.0 Å². The number of piperidine rings is 1. The van der Waals surface area contributed by atoms with Crippen molar-refractivity contribution in [3.63, 3.8) is 0 Å². The molecule has 7 heteroatoms. The third-order valence-corrected chi connectivity index (χ3v) is 4.95. The van der Waals surface area contributed by atoms with Gasteiger partial charge in [-0.1, -0.05) is 0 Å². The molecule has 1 saturated heterocycles. The number of aromatic nitrogens is 2. The molecule has 1 aromatic carbocycles. The number of carbonyl (C=O) groups excluding carboxylic acids is 2. The van der Waals surface area contributed by atoms with E-state index < -0.39 is 0 Å². The summed E-state index contributed by atoms with van der Waals surface area (Å²) < 4.78 is 10.9. The fourth-order valence-corrected chi connectivity index (χ4v) is 3.43. The van der Waals surface area contributed by atoms with E-state index in [4.69, 9.17) is 9.15 Å². The van der Waals surface area contributed by atoms with Gasteiger partial charge in [0.2, 0.25) is 5.89 Å². The minimum atomic E-state index is -0.165. The number of likely N-dealkylation sites (tertiary alicyclic amines) is 1. The number of nitrogens with zero attached hydrogens (tertiary/aromatic N) is 3. The molecule has 3 aromatic rings. The second kappa shape index (κ2) is 7.80. The average molecular weight is 379 g/mol. The Kier molecular flexibility index (Phi) is 5.06. The number of hydrogen-bond acceptors (Lipinski definition) is 6. The summed E-state index contributed by atoms with van der Waals surface area (Å²) in [7, 11) is 0. The molecule has 0 aliphatic carbocycles. The Bertz CT molecular complexity index is 991. The van der Waals surface area contributed by atoms with Gasteiger partial charge < -0.3 is 14.1 Å². The topological polar surface area (TPSA) is 85.5 Å². The molecule has 28 heavy (non-hydrogen) atoms. The van der Waals surface area contributed by atoms with Gasteiger partial charge in [0, 0.05) is 31.0 Å². The predicted molar refractivity (Wildman–Crippen MR) is 103 cm³/mol. The van der Waals surface area contributed by atoms with Crippen molar-refractivity contribution in [1.29, 1.82) is 0 Å². The smallest absolute Gasteiger partial charge is 0.309 e. The van der Waals surface area contributed by atoms with Crippen molar-refractivity contribution in [3.05, 3.63) is 48.3 Å². The van der Waals surface area contributed by atoms with Gasteiger partial charge in [0.15, 0.2) is 5.58 Å². The lowest BCUT2D eigenvalue weighted by atomic mass is 9.96. The van der Waals surface area contributed by atoms with Gasteiger partial charge in [0.25, 0.3) is 5.91 Å². The molecule has 0 radical (unpaired) electrons. The van der Waals surface area contributed by atoms with Crippen LogP contribution in [0.2, 0.25) is 0 Å². The molecule has 1 aliphatic heterocycles. The van der Waals surface area contributed by atoms with Gasteiger partial charge in [-0.2, -0.15) is 0 Å². The van der Waals surface area contributed by atoms with E-state index in [-0.39, 0.29) is 17.8 Å². The van der Waals surface area contributed by atoms with Crippen LogP contribution in [0.1, 0.15) is 30.1 Å². The molecule has 1 aliphatic rings. The molecular formula is C21H21N3O4. The van der Waals surface area contributed by atoms with Crippen LogP contribution >= 0.6 is 0 Å². The largest absolute Gasteiger partial charge is 0.466 e. The second-order valence-electron chi connectivity index (χ2n) is 6.76. The monoisotopic (exact) mass is 379 g/mol. The lowest BCUT2D eigenvalue weighted by molar-refractivity contribution is -0.149. The molecule has 0 atom stereocenters. The van der Waals surface area contributed by atoms with Crippen LogP contribution in [0.5, 0.6) is 0 Å². The molecule has 0 bridgehead atoms. The molecule has 7 nitrogen and oxygen atoms in total. The maximum Gasteiger partial charge on any atom is 0.309 e. The van der Waals surface area contributed by atoms with E-state index in [2.05, 4.69) is 9.97 Å². The molecule has 4 rings (SSSR count). The number of carbonyl (C=O) groups is 2. The van der Waals surface area contributed by atoms with Gasteiger partial charge in [-0.3, -0.25) is 14.6 Å². The van der Waals surface area contributed by atoms with Crippen molar-refractivity contribution in [1.82, 2.24) is 14.9 Å². The van der Waals surface area contributed by atoms with Crippen LogP contribution in [0.4, 0.5) is 0 Å². The van der Waals surface area contributed by atoms with Crippen LogP contribution in [-0.4, -0.2) is 46.4 Å². The Morgan fingerprint density at radius 2 is 2.07 bits per heavy atom. The SMILES string of the molecule is CCOC(=O)C1CCN(C(=O)c2ccc3oc(-c4cccnc4)nc3c2)CC1. The summed E-state index contributed by atoms with van der Waals surface area (Å²) in [6, 6.07) is 8.95. The third-order valence-electron chi connectivity index (χ3n) is 4.95. The Morgan fingerprint density at radius 1 is 1.25 bits per heavy atom. The average Bonchev–Trinajstić information content (AvgIpc) is 3.17. The highest BCUT2D eigenvalue weighted by molar-refractivity contribution is 5.97. The molecule has 144 valence electrons. The summed E-state index contributed by atoms with van der Waals surface area (Å²) in [6.07, 6.45) is 4.63. The normalized spacial score (nSPS) is 15.0. The molecule has 0 saturated carbocycles. The number of benzene rings is 1. The van der Waals surface area contributed by atoms with Crippen LogP contribution in [-0.2, 0) is 9.53 Å². The number of fused-ring (bicyclic) bond motifs is 1. The fraction of sp³-hybridized carbons (Fsp3) is 0.333. The van der Waals surface area contributed by atoms with Crippen molar-refractivity contribution in [3.8, 4) is 11.5 Å². The number of amides is 1. The standard InChI is InChI=1S/C21H21N3O4/c1-2-27-21(26)14-7-10-24(11-8-14)20(25)15-5-6-18-17(12-15)23-19(28-18)16-4-3-9-22-13-16/h3-6,9,12-14H,2,7-8,10-11H2,1H3. The van der Waals surface area contributed by atoms with Gasteiger partial charge in [0.05, 0.1) is 18.1 Å². The van der Waals surface area contributed by atoms with Gasteiger partial charge in [-0.15, -0.1) is 0 Å². The van der Waals surface area contributed by atoms with E-state index in [1.54, 1.807) is 42.4 Å². The number of oxazole rings is 1. The molecule has 1 amide bonds. The first-order valence-electron chi connectivity index (χ1n) is 9.42. The Morgan fingerprint density at radius 3 is 2.79 bits per heavy atom. The van der Waals surface area contributed by atoms with Crippen LogP contribution in [0.15, 0.2) is 47.1 Å². The number of rotatable bonds is 4. The van der Waals surface area contributed by atoms with Crippen molar-refractivity contribution in [2.75, 3.05) is 19.7 Å². The molecule has 0 spiro atoms.